The van der Waals surface area contributed by atoms with Crippen LogP contribution >= 0.6 is 12.4 Å². The second-order valence-electron chi connectivity index (χ2n) is 4.89. The van der Waals surface area contributed by atoms with Crippen molar-refractivity contribution in [2.24, 2.45) is 0 Å². The fourth-order valence-electron chi connectivity index (χ4n) is 2.56. The monoisotopic (exact) mass is 293 g/mol. The number of benzene rings is 1. The summed E-state index contributed by atoms with van der Waals surface area (Å²) in [5.74, 6) is 0.659. The van der Waals surface area contributed by atoms with Gasteiger partial charge in [-0.2, -0.15) is 0 Å². The maximum Gasteiger partial charge on any atom is 0.213 e. The van der Waals surface area contributed by atoms with Crippen molar-refractivity contribution in [3.63, 3.8) is 0 Å². The van der Waals surface area contributed by atoms with Crippen molar-refractivity contribution in [2.75, 3.05) is 25.5 Å². The summed E-state index contributed by atoms with van der Waals surface area (Å²) in [7, 11) is 1.64. The lowest BCUT2D eigenvalue weighted by Crippen LogP contribution is -2.35. The lowest BCUT2D eigenvalue weighted by Gasteiger charge is -2.25. The van der Waals surface area contributed by atoms with Crippen molar-refractivity contribution < 1.29 is 4.74 Å². The van der Waals surface area contributed by atoms with Crippen LogP contribution in [-0.2, 0) is 0 Å². The van der Waals surface area contributed by atoms with Crippen molar-refractivity contribution in [1.29, 1.82) is 0 Å². The third kappa shape index (κ3) is 3.14. The van der Waals surface area contributed by atoms with Crippen LogP contribution in [0.3, 0.4) is 0 Å². The molecule has 1 saturated heterocycles. The molecule has 0 unspecified atom stereocenters. The quantitative estimate of drug-likeness (QED) is 0.913. The predicted octanol–water partition coefficient (Wildman–Crippen LogP) is 2.83. The summed E-state index contributed by atoms with van der Waals surface area (Å²) in [6.45, 7) is 2.18. The third-order valence-electron chi connectivity index (χ3n) is 3.61. The minimum Gasteiger partial charge on any atom is -0.481 e. The van der Waals surface area contributed by atoms with Crippen molar-refractivity contribution in [2.45, 2.75) is 18.9 Å². The zero-order chi connectivity index (χ0) is 13.1. The molecule has 1 fully saturated rings. The molecule has 0 bridgehead atoms. The van der Waals surface area contributed by atoms with E-state index in [9.17, 15) is 0 Å². The first-order valence-corrected chi connectivity index (χ1v) is 6.78. The number of nitrogens with one attached hydrogen (secondary N) is 2. The molecule has 0 atom stereocenters. The topological polar surface area (TPSA) is 46.2 Å². The number of hydrogen-bond acceptors (Lipinski definition) is 4. The minimum absolute atomic E-state index is 0. The first kappa shape index (κ1) is 14.9. The second kappa shape index (κ2) is 6.77. The Bertz CT molecular complexity index is 570. The molecule has 1 aromatic carbocycles. The highest BCUT2D eigenvalue weighted by Gasteiger charge is 2.13. The molecular weight excluding hydrogens is 274 g/mol. The highest BCUT2D eigenvalue weighted by Crippen LogP contribution is 2.25. The molecule has 108 valence electrons. The number of hydrogen-bond donors (Lipinski definition) is 2. The molecule has 2 N–H and O–H groups in total. The van der Waals surface area contributed by atoms with Crippen LogP contribution < -0.4 is 15.4 Å². The number of fused-ring (bicyclic) bond motifs is 1. The van der Waals surface area contributed by atoms with E-state index in [1.54, 1.807) is 7.11 Å². The van der Waals surface area contributed by atoms with E-state index < -0.39 is 0 Å². The number of methoxy groups -OCH3 is 1. The van der Waals surface area contributed by atoms with Crippen molar-refractivity contribution in [3.8, 4) is 5.88 Å². The fraction of sp³-hybridized carbons (Fsp3) is 0.400. The van der Waals surface area contributed by atoms with Crippen LogP contribution in [0.15, 0.2) is 30.3 Å². The van der Waals surface area contributed by atoms with Crippen molar-refractivity contribution >= 4 is 29.0 Å². The van der Waals surface area contributed by atoms with Crippen molar-refractivity contribution in [1.82, 2.24) is 10.3 Å². The average Bonchev–Trinajstić information content (AvgIpc) is 2.48. The van der Waals surface area contributed by atoms with Gasteiger partial charge in [0.1, 0.15) is 0 Å². The minimum atomic E-state index is 0. The van der Waals surface area contributed by atoms with Gasteiger partial charge in [-0.15, -0.1) is 12.4 Å². The van der Waals surface area contributed by atoms with Gasteiger partial charge in [-0.3, -0.25) is 0 Å². The van der Waals surface area contributed by atoms with E-state index in [2.05, 4.69) is 27.8 Å². The summed E-state index contributed by atoms with van der Waals surface area (Å²) in [6, 6.07) is 10.7. The van der Waals surface area contributed by atoms with E-state index in [0.29, 0.717) is 11.9 Å². The Balaban J connectivity index is 0.00000147. The zero-order valence-electron chi connectivity index (χ0n) is 11.6. The maximum absolute atomic E-state index is 5.17. The highest BCUT2D eigenvalue weighted by molar-refractivity contribution is 5.91. The van der Waals surface area contributed by atoms with Crippen LogP contribution in [0.5, 0.6) is 5.88 Å². The smallest absolute Gasteiger partial charge is 0.213 e. The maximum atomic E-state index is 5.17. The number of piperidine rings is 1. The molecule has 20 heavy (non-hydrogen) atoms. The number of rotatable bonds is 3. The van der Waals surface area contributed by atoms with Gasteiger partial charge >= 0.3 is 0 Å². The molecule has 0 aliphatic carbocycles. The SMILES string of the molecule is COc1ccc2c(NC3CCNCC3)cccc2n1.Cl. The van der Waals surface area contributed by atoms with Gasteiger partial charge in [-0.1, -0.05) is 6.07 Å². The van der Waals surface area contributed by atoms with E-state index in [1.807, 2.05) is 18.2 Å². The van der Waals surface area contributed by atoms with Crippen LogP contribution in [0.25, 0.3) is 10.9 Å². The van der Waals surface area contributed by atoms with E-state index in [0.717, 1.165) is 24.0 Å². The van der Waals surface area contributed by atoms with Gasteiger partial charge in [0.25, 0.3) is 0 Å². The number of pyridine rings is 1. The van der Waals surface area contributed by atoms with Crippen LogP contribution in [0.4, 0.5) is 5.69 Å². The highest BCUT2D eigenvalue weighted by atomic mass is 35.5. The van der Waals surface area contributed by atoms with Crippen LogP contribution in [0.2, 0.25) is 0 Å². The standard InChI is InChI=1S/C15H19N3O.ClH/c1-19-15-6-5-12-13(3-2-4-14(12)18-15)17-11-7-9-16-10-8-11;/h2-6,11,16-17H,7-10H2,1H3;1H. The molecule has 3 rings (SSSR count). The van der Waals surface area contributed by atoms with Gasteiger partial charge in [0.2, 0.25) is 5.88 Å². The van der Waals surface area contributed by atoms with E-state index in [1.165, 1.54) is 18.5 Å². The van der Waals surface area contributed by atoms with E-state index >= 15 is 0 Å². The van der Waals surface area contributed by atoms with Gasteiger partial charge < -0.3 is 15.4 Å². The van der Waals surface area contributed by atoms with Crippen molar-refractivity contribution in [3.05, 3.63) is 30.3 Å². The molecule has 5 heteroatoms. The van der Waals surface area contributed by atoms with E-state index in [4.69, 9.17) is 4.74 Å². The van der Waals surface area contributed by atoms with Crippen LogP contribution in [-0.4, -0.2) is 31.2 Å². The van der Waals surface area contributed by atoms with Gasteiger partial charge in [0.15, 0.2) is 0 Å². The molecular formula is C15H20ClN3O. The molecule has 1 aromatic heterocycles. The first-order chi connectivity index (χ1) is 9.36. The second-order valence-corrected chi connectivity index (χ2v) is 4.89. The van der Waals surface area contributed by atoms with Crippen LogP contribution in [0.1, 0.15) is 12.8 Å². The lowest BCUT2D eigenvalue weighted by molar-refractivity contribution is 0.399. The Morgan fingerprint density at radius 3 is 2.75 bits per heavy atom. The fourth-order valence-corrected chi connectivity index (χ4v) is 2.56. The molecule has 0 radical (unpaired) electrons. The Morgan fingerprint density at radius 1 is 1.20 bits per heavy atom. The predicted molar refractivity (Wildman–Crippen MR) is 85.1 cm³/mol. The Kier molecular flexibility index (Phi) is 5.04. The van der Waals surface area contributed by atoms with Gasteiger partial charge in [0.05, 0.1) is 12.6 Å². The number of halogens is 1. The summed E-state index contributed by atoms with van der Waals surface area (Å²) in [5.41, 5.74) is 2.14. The van der Waals surface area contributed by atoms with Crippen LogP contribution in [0, 0.1) is 0 Å². The first-order valence-electron chi connectivity index (χ1n) is 6.78. The number of ether oxygens (including phenoxy) is 1. The normalized spacial score (nSPS) is 15.7. The molecule has 0 saturated carbocycles. The molecule has 2 heterocycles. The molecule has 2 aromatic rings. The number of aromatic nitrogens is 1. The lowest BCUT2D eigenvalue weighted by atomic mass is 10.1. The Labute approximate surface area is 125 Å². The molecule has 0 spiro atoms. The molecule has 0 amide bonds. The van der Waals surface area contributed by atoms with Gasteiger partial charge in [0, 0.05) is 23.2 Å². The summed E-state index contributed by atoms with van der Waals surface area (Å²) in [4.78, 5) is 4.47. The number of nitrogens with zero attached hydrogens (tertiary/aromatic N) is 1. The summed E-state index contributed by atoms with van der Waals surface area (Å²) >= 11 is 0. The largest absolute Gasteiger partial charge is 0.481 e. The Hall–Kier alpha value is -1.52. The zero-order valence-corrected chi connectivity index (χ0v) is 12.4. The summed E-state index contributed by atoms with van der Waals surface area (Å²) in [6.07, 6.45) is 2.33. The third-order valence-corrected chi connectivity index (χ3v) is 3.61. The average molecular weight is 294 g/mol. The molecule has 1 aliphatic heterocycles. The van der Waals surface area contributed by atoms with E-state index in [-0.39, 0.29) is 12.4 Å². The molecule has 4 nitrogen and oxygen atoms in total. The summed E-state index contributed by atoms with van der Waals surface area (Å²) in [5, 5.41) is 8.18. The Morgan fingerprint density at radius 2 is 2.00 bits per heavy atom. The summed E-state index contributed by atoms with van der Waals surface area (Å²) < 4.78 is 5.17. The molecule has 1 aliphatic rings. The number of anilines is 1. The van der Waals surface area contributed by atoms with Gasteiger partial charge in [-0.25, -0.2) is 4.98 Å². The van der Waals surface area contributed by atoms with Gasteiger partial charge in [-0.05, 0) is 44.1 Å².